The first-order chi connectivity index (χ1) is 12.2. The molecule has 2 N–H and O–H groups in total. The maximum atomic E-state index is 12.2. The van der Waals surface area contributed by atoms with E-state index in [0.29, 0.717) is 36.1 Å². The number of benzene rings is 1. The van der Waals surface area contributed by atoms with Gasteiger partial charge in [-0.3, -0.25) is 4.72 Å². The SMILES string of the molecule is Cc1nc(CCN(C)C(=O)Nc2cccc(NS(=O)(=O)N(C)C)c2)no1. The van der Waals surface area contributed by atoms with E-state index in [0.717, 1.165) is 4.31 Å². The van der Waals surface area contributed by atoms with Crippen molar-refractivity contribution in [2.24, 2.45) is 0 Å². The van der Waals surface area contributed by atoms with E-state index in [9.17, 15) is 13.2 Å². The summed E-state index contributed by atoms with van der Waals surface area (Å²) in [5.74, 6) is 1.01. The Morgan fingerprint density at radius 2 is 1.92 bits per heavy atom. The summed E-state index contributed by atoms with van der Waals surface area (Å²) in [5.41, 5.74) is 0.817. The first-order valence-electron chi connectivity index (χ1n) is 7.79. The molecule has 11 heteroatoms. The van der Waals surface area contributed by atoms with Gasteiger partial charge in [-0.1, -0.05) is 11.2 Å². The number of amides is 2. The van der Waals surface area contributed by atoms with Crippen LogP contribution in [0.3, 0.4) is 0 Å². The summed E-state index contributed by atoms with van der Waals surface area (Å²) in [6.45, 7) is 2.10. The third-order valence-electron chi connectivity index (χ3n) is 3.43. The van der Waals surface area contributed by atoms with Gasteiger partial charge in [0.05, 0.1) is 5.69 Å². The van der Waals surface area contributed by atoms with Crippen molar-refractivity contribution in [2.75, 3.05) is 37.7 Å². The van der Waals surface area contributed by atoms with Gasteiger partial charge >= 0.3 is 16.2 Å². The summed E-state index contributed by atoms with van der Waals surface area (Å²) < 4.78 is 32.1. The van der Waals surface area contributed by atoms with E-state index >= 15 is 0 Å². The largest absolute Gasteiger partial charge is 0.340 e. The van der Waals surface area contributed by atoms with E-state index in [1.807, 2.05) is 0 Å². The van der Waals surface area contributed by atoms with Crippen LogP contribution in [0.4, 0.5) is 16.2 Å². The lowest BCUT2D eigenvalue weighted by Gasteiger charge is -2.18. The summed E-state index contributed by atoms with van der Waals surface area (Å²) in [6, 6.07) is 6.11. The fraction of sp³-hybridized carbons (Fsp3) is 0.400. The lowest BCUT2D eigenvalue weighted by molar-refractivity contribution is 0.222. The van der Waals surface area contributed by atoms with Gasteiger partial charge < -0.3 is 14.7 Å². The second-order valence-corrected chi connectivity index (χ2v) is 7.69. The lowest BCUT2D eigenvalue weighted by atomic mass is 10.3. The minimum Gasteiger partial charge on any atom is -0.340 e. The van der Waals surface area contributed by atoms with Crippen LogP contribution in [0.15, 0.2) is 28.8 Å². The lowest BCUT2D eigenvalue weighted by Crippen LogP contribution is -2.33. The molecule has 0 fully saturated rings. The third-order valence-corrected chi connectivity index (χ3v) is 4.88. The van der Waals surface area contributed by atoms with E-state index in [1.54, 1.807) is 32.2 Å². The molecule has 1 aromatic carbocycles. The molecule has 0 aliphatic rings. The van der Waals surface area contributed by atoms with Gasteiger partial charge in [0.15, 0.2) is 5.82 Å². The predicted octanol–water partition coefficient (Wildman–Crippen LogP) is 1.30. The molecule has 0 aliphatic heterocycles. The number of nitrogens with one attached hydrogen (secondary N) is 2. The molecule has 1 aromatic heterocycles. The Bertz CT molecular complexity index is 865. The number of nitrogens with zero attached hydrogens (tertiary/aromatic N) is 4. The van der Waals surface area contributed by atoms with Gasteiger partial charge in [0.2, 0.25) is 5.89 Å². The van der Waals surface area contributed by atoms with Crippen LogP contribution in [0.25, 0.3) is 0 Å². The minimum atomic E-state index is -3.61. The molecule has 0 spiro atoms. The van der Waals surface area contributed by atoms with Gasteiger partial charge in [0, 0.05) is 46.7 Å². The Balaban J connectivity index is 1.94. The molecule has 2 amide bonds. The molecule has 0 saturated heterocycles. The van der Waals surface area contributed by atoms with Crippen LogP contribution in [-0.4, -0.2) is 61.5 Å². The molecule has 2 rings (SSSR count). The molecule has 0 radical (unpaired) electrons. The zero-order valence-corrected chi connectivity index (χ0v) is 15.9. The fourth-order valence-corrected chi connectivity index (χ4v) is 2.54. The van der Waals surface area contributed by atoms with Crippen molar-refractivity contribution in [3.8, 4) is 0 Å². The molecule has 10 nitrogen and oxygen atoms in total. The number of hydrogen-bond acceptors (Lipinski definition) is 6. The van der Waals surface area contributed by atoms with E-state index in [1.165, 1.54) is 25.1 Å². The number of rotatable bonds is 7. The molecule has 2 aromatic rings. The number of anilines is 2. The Labute approximate surface area is 152 Å². The highest BCUT2D eigenvalue weighted by Gasteiger charge is 2.14. The molecule has 0 atom stereocenters. The highest BCUT2D eigenvalue weighted by molar-refractivity contribution is 7.90. The van der Waals surface area contributed by atoms with Gasteiger partial charge in [-0.2, -0.15) is 17.7 Å². The zero-order chi connectivity index (χ0) is 19.3. The number of urea groups is 1. The van der Waals surface area contributed by atoms with Crippen molar-refractivity contribution < 1.29 is 17.7 Å². The van der Waals surface area contributed by atoms with Crippen LogP contribution in [0.1, 0.15) is 11.7 Å². The van der Waals surface area contributed by atoms with E-state index < -0.39 is 10.2 Å². The fourth-order valence-electron chi connectivity index (χ4n) is 1.93. The van der Waals surface area contributed by atoms with Crippen molar-refractivity contribution in [3.05, 3.63) is 36.0 Å². The molecule has 1 heterocycles. The molecule has 0 bridgehead atoms. The van der Waals surface area contributed by atoms with Crippen LogP contribution in [-0.2, 0) is 16.6 Å². The Kier molecular flexibility index (Phi) is 6.16. The van der Waals surface area contributed by atoms with Gasteiger partial charge in [0.25, 0.3) is 0 Å². The van der Waals surface area contributed by atoms with Gasteiger partial charge in [0.1, 0.15) is 0 Å². The molecule has 26 heavy (non-hydrogen) atoms. The quantitative estimate of drug-likeness (QED) is 0.745. The van der Waals surface area contributed by atoms with Gasteiger partial charge in [-0.25, -0.2) is 4.79 Å². The van der Waals surface area contributed by atoms with Crippen molar-refractivity contribution in [1.29, 1.82) is 0 Å². The zero-order valence-electron chi connectivity index (χ0n) is 15.1. The van der Waals surface area contributed by atoms with E-state index in [2.05, 4.69) is 20.2 Å². The van der Waals surface area contributed by atoms with Crippen molar-refractivity contribution in [3.63, 3.8) is 0 Å². The van der Waals surface area contributed by atoms with Crippen molar-refractivity contribution in [1.82, 2.24) is 19.3 Å². The first-order valence-corrected chi connectivity index (χ1v) is 9.23. The van der Waals surface area contributed by atoms with Gasteiger partial charge in [-0.15, -0.1) is 0 Å². The molecular weight excluding hydrogens is 360 g/mol. The maximum Gasteiger partial charge on any atom is 0.321 e. The average Bonchev–Trinajstić information content (AvgIpc) is 2.97. The maximum absolute atomic E-state index is 12.2. The van der Waals surface area contributed by atoms with E-state index in [-0.39, 0.29) is 6.03 Å². The third kappa shape index (κ3) is 5.43. The summed E-state index contributed by atoms with van der Waals surface area (Å²) in [7, 11) is 0.877. The highest BCUT2D eigenvalue weighted by Crippen LogP contribution is 2.17. The highest BCUT2D eigenvalue weighted by atomic mass is 32.2. The van der Waals surface area contributed by atoms with Crippen LogP contribution in [0, 0.1) is 6.92 Å². The molecule has 142 valence electrons. The molecule has 0 unspecified atom stereocenters. The summed E-state index contributed by atoms with van der Waals surface area (Å²) in [4.78, 5) is 17.8. The first kappa shape index (κ1) is 19.7. The molecular formula is C15H22N6O4S. The van der Waals surface area contributed by atoms with Crippen LogP contribution >= 0.6 is 0 Å². The smallest absolute Gasteiger partial charge is 0.321 e. The topological polar surface area (TPSA) is 121 Å². The number of aryl methyl sites for hydroxylation is 1. The standard InChI is InChI=1S/C15H22N6O4S/c1-11-16-14(18-25-11)8-9-21(4)15(22)17-12-6-5-7-13(10-12)19-26(23,24)20(2)3/h5-7,10,19H,8-9H2,1-4H3,(H,17,22). The summed E-state index contributed by atoms with van der Waals surface area (Å²) in [5, 5.41) is 6.49. The van der Waals surface area contributed by atoms with E-state index in [4.69, 9.17) is 4.52 Å². The molecule has 0 saturated carbocycles. The second kappa shape index (κ2) is 8.15. The van der Waals surface area contributed by atoms with Crippen LogP contribution < -0.4 is 10.0 Å². The van der Waals surface area contributed by atoms with Gasteiger partial charge in [-0.05, 0) is 18.2 Å². The van der Waals surface area contributed by atoms with Crippen LogP contribution in [0.2, 0.25) is 0 Å². The predicted molar refractivity (Wildman–Crippen MR) is 97.1 cm³/mol. The summed E-state index contributed by atoms with van der Waals surface area (Å²) in [6.07, 6.45) is 0.462. The number of carbonyl (C=O) groups is 1. The Morgan fingerprint density at radius 1 is 1.23 bits per heavy atom. The minimum absolute atomic E-state index is 0.335. The number of likely N-dealkylation sites (N-methyl/N-ethyl adjacent to an activating group) is 1. The van der Waals surface area contributed by atoms with Crippen molar-refractivity contribution >= 4 is 27.6 Å². The van der Waals surface area contributed by atoms with Crippen molar-refractivity contribution in [2.45, 2.75) is 13.3 Å². The Hall–Kier alpha value is -2.66. The number of carbonyl (C=O) groups excluding carboxylic acids is 1. The molecule has 0 aliphatic carbocycles. The summed E-state index contributed by atoms with van der Waals surface area (Å²) >= 11 is 0. The second-order valence-electron chi connectivity index (χ2n) is 5.80. The average molecular weight is 382 g/mol. The Morgan fingerprint density at radius 3 is 2.54 bits per heavy atom. The monoisotopic (exact) mass is 382 g/mol. The van der Waals surface area contributed by atoms with Crippen LogP contribution in [0.5, 0.6) is 0 Å². The number of hydrogen-bond donors (Lipinski definition) is 2. The normalized spacial score (nSPS) is 11.4. The number of aromatic nitrogens is 2.